The molecule has 2 saturated carbocycles. The average Bonchev–Trinajstić information content (AvgIpc) is 3.52. The number of rotatable bonds is 4. The molecule has 0 aliphatic heterocycles. The van der Waals surface area contributed by atoms with E-state index in [1.54, 1.807) is 11.6 Å². The smallest absolute Gasteiger partial charge is 0.383 e. The van der Waals surface area contributed by atoms with Gasteiger partial charge in [0, 0.05) is 25.7 Å². The molecule has 2 unspecified atom stereocenters. The Hall–Kier alpha value is -2.99. The molecule has 2 aromatic heterocycles. The number of hydrogen-bond acceptors (Lipinski definition) is 5. The molecule has 36 heavy (non-hydrogen) atoms. The fourth-order valence-corrected chi connectivity index (χ4v) is 5.96. The summed E-state index contributed by atoms with van der Waals surface area (Å²) in [5, 5.41) is 21.1. The van der Waals surface area contributed by atoms with Gasteiger partial charge in [-0.3, -0.25) is 4.79 Å². The second-order valence-electron chi connectivity index (χ2n) is 9.69. The lowest BCUT2D eigenvalue weighted by molar-refractivity contribution is -0.144. The van der Waals surface area contributed by atoms with Crippen molar-refractivity contribution in [2.45, 2.75) is 43.4 Å². The maximum Gasteiger partial charge on any atom is 0.437 e. The number of carbonyl (C=O) groups excluding carboxylic acids is 1. The number of aryl methyl sites for hydroxylation is 2. The monoisotopic (exact) mass is 526 g/mol. The van der Waals surface area contributed by atoms with Crippen LogP contribution in [0.4, 0.5) is 23.2 Å². The van der Waals surface area contributed by atoms with Gasteiger partial charge < -0.3 is 15.0 Å². The van der Waals surface area contributed by atoms with Crippen molar-refractivity contribution in [3.63, 3.8) is 0 Å². The minimum Gasteiger partial charge on any atom is -0.383 e. The number of carbonyl (C=O) groups is 1. The van der Waals surface area contributed by atoms with E-state index < -0.39 is 34.9 Å². The Morgan fingerprint density at radius 1 is 1.19 bits per heavy atom. The first kappa shape index (κ1) is 24.7. The Morgan fingerprint density at radius 2 is 1.86 bits per heavy atom. The predicted molar refractivity (Wildman–Crippen MR) is 121 cm³/mol. The van der Waals surface area contributed by atoms with Gasteiger partial charge >= 0.3 is 6.18 Å². The summed E-state index contributed by atoms with van der Waals surface area (Å²) in [4.78, 5) is 18.3. The van der Waals surface area contributed by atoms with E-state index in [9.17, 15) is 27.5 Å². The molecular weight excluding hydrogens is 504 g/mol. The largest absolute Gasteiger partial charge is 0.437 e. The van der Waals surface area contributed by atoms with Gasteiger partial charge in [0.05, 0.1) is 17.0 Å². The number of fused-ring (bicyclic) bond motifs is 1. The standard InChI is InChI=1S/C23H23ClF4N6O2/c1-33-10-29-17(18(33)21(35)30-14-3-4-16(25)15(24)7-14)11-5-12-8-22(36,9-13(12)6-11)19-20(23(26,27)28)32-34(2)31-19/h3-4,7,10-13,36H,5-6,8-9H2,1-2H3,(H,30,35). The third kappa shape index (κ3) is 4.26. The summed E-state index contributed by atoms with van der Waals surface area (Å²) < 4.78 is 55.5. The van der Waals surface area contributed by atoms with Crippen LogP contribution in [0.1, 0.15) is 59.2 Å². The van der Waals surface area contributed by atoms with Crippen LogP contribution in [0.5, 0.6) is 0 Å². The molecule has 3 aromatic rings. The lowest BCUT2D eigenvalue weighted by Crippen LogP contribution is -2.27. The zero-order valence-corrected chi connectivity index (χ0v) is 20.1. The van der Waals surface area contributed by atoms with Crippen LogP contribution in [0.25, 0.3) is 0 Å². The predicted octanol–water partition coefficient (Wildman–Crippen LogP) is 4.40. The lowest BCUT2D eigenvalue weighted by Gasteiger charge is -2.24. The minimum atomic E-state index is -4.72. The SMILES string of the molecule is Cn1nc(C(F)(F)F)c(C2(O)CC3CC(c4ncn(C)c4C(=O)Nc4ccc(F)c(Cl)c4)CC3C2)n1. The van der Waals surface area contributed by atoms with Crippen LogP contribution in [0.3, 0.4) is 0 Å². The topological polar surface area (TPSA) is 97.9 Å². The first-order chi connectivity index (χ1) is 16.9. The van der Waals surface area contributed by atoms with E-state index in [1.165, 1.54) is 25.5 Å². The summed E-state index contributed by atoms with van der Waals surface area (Å²) in [6, 6.07) is 3.87. The Bertz CT molecular complexity index is 1320. The number of halogens is 5. The molecule has 0 spiro atoms. The Balaban J connectivity index is 1.34. The summed E-state index contributed by atoms with van der Waals surface area (Å²) >= 11 is 5.81. The molecule has 0 radical (unpaired) electrons. The molecule has 5 rings (SSSR count). The fraction of sp³-hybridized carbons (Fsp3) is 0.478. The van der Waals surface area contributed by atoms with Gasteiger partial charge in [-0.2, -0.15) is 23.1 Å². The first-order valence-electron chi connectivity index (χ1n) is 11.3. The Morgan fingerprint density at radius 3 is 2.47 bits per heavy atom. The summed E-state index contributed by atoms with van der Waals surface area (Å²) in [6.07, 6.45) is -1.81. The molecule has 2 fully saturated rings. The van der Waals surface area contributed by atoms with Crippen molar-refractivity contribution >= 4 is 23.2 Å². The molecule has 13 heteroatoms. The lowest BCUT2D eigenvalue weighted by atomic mass is 9.89. The summed E-state index contributed by atoms with van der Waals surface area (Å²) in [5.74, 6) is -1.26. The zero-order valence-electron chi connectivity index (χ0n) is 19.4. The van der Waals surface area contributed by atoms with Crippen LogP contribution in [0.15, 0.2) is 24.5 Å². The van der Waals surface area contributed by atoms with Crippen LogP contribution < -0.4 is 5.32 Å². The number of nitrogens with zero attached hydrogens (tertiary/aromatic N) is 5. The number of hydrogen-bond donors (Lipinski definition) is 2. The first-order valence-corrected chi connectivity index (χ1v) is 11.7. The number of imidazole rings is 1. The van der Waals surface area contributed by atoms with Crippen LogP contribution in [0.2, 0.25) is 5.02 Å². The van der Waals surface area contributed by atoms with Gasteiger partial charge in [0.2, 0.25) is 0 Å². The summed E-state index contributed by atoms with van der Waals surface area (Å²) in [5.41, 5.74) is -2.06. The van der Waals surface area contributed by atoms with E-state index >= 15 is 0 Å². The highest BCUT2D eigenvalue weighted by Gasteiger charge is 2.55. The molecule has 0 bridgehead atoms. The van der Waals surface area contributed by atoms with Crippen LogP contribution in [-0.2, 0) is 25.9 Å². The van der Waals surface area contributed by atoms with Crippen molar-refractivity contribution in [1.29, 1.82) is 0 Å². The molecule has 8 nitrogen and oxygen atoms in total. The molecule has 2 aliphatic rings. The van der Waals surface area contributed by atoms with E-state index in [1.807, 2.05) is 0 Å². The van der Waals surface area contributed by atoms with Gasteiger partial charge in [0.1, 0.15) is 22.8 Å². The number of amides is 1. The van der Waals surface area contributed by atoms with Crippen LogP contribution in [0, 0.1) is 17.7 Å². The van der Waals surface area contributed by atoms with Crippen LogP contribution in [-0.4, -0.2) is 35.6 Å². The second kappa shape index (κ2) is 8.55. The highest BCUT2D eigenvalue weighted by molar-refractivity contribution is 6.31. The van der Waals surface area contributed by atoms with Crippen molar-refractivity contribution in [3.8, 4) is 0 Å². The molecule has 2 aliphatic carbocycles. The maximum absolute atomic E-state index is 13.5. The maximum atomic E-state index is 13.5. The zero-order chi connectivity index (χ0) is 26.0. The van der Waals surface area contributed by atoms with E-state index in [4.69, 9.17) is 11.6 Å². The number of nitrogens with one attached hydrogen (secondary N) is 1. The van der Waals surface area contributed by atoms with Gasteiger partial charge in [0.25, 0.3) is 5.91 Å². The van der Waals surface area contributed by atoms with Gasteiger partial charge in [-0.15, -0.1) is 5.10 Å². The minimum absolute atomic E-state index is 0.0584. The molecule has 1 aromatic carbocycles. The molecule has 192 valence electrons. The van der Waals surface area contributed by atoms with Crippen molar-refractivity contribution in [1.82, 2.24) is 24.5 Å². The van der Waals surface area contributed by atoms with Gasteiger partial charge in [-0.25, -0.2) is 9.37 Å². The molecule has 2 N–H and O–H groups in total. The molecule has 2 atom stereocenters. The van der Waals surface area contributed by atoms with Crippen molar-refractivity contribution in [2.24, 2.45) is 25.9 Å². The van der Waals surface area contributed by atoms with Crippen molar-refractivity contribution in [3.05, 3.63) is 58.1 Å². The number of aromatic nitrogens is 5. The molecule has 2 heterocycles. The van der Waals surface area contributed by atoms with Gasteiger partial charge in [-0.05, 0) is 55.7 Å². The van der Waals surface area contributed by atoms with E-state index in [0.717, 1.165) is 10.9 Å². The number of aliphatic hydroxyl groups is 1. The Kier molecular flexibility index (Phi) is 5.86. The molecule has 0 saturated heterocycles. The third-order valence-electron chi connectivity index (χ3n) is 7.21. The Labute approximate surface area is 208 Å². The fourth-order valence-electron chi connectivity index (χ4n) is 5.78. The van der Waals surface area contributed by atoms with E-state index in [-0.39, 0.29) is 35.6 Å². The quantitative estimate of drug-likeness (QED) is 0.491. The number of benzene rings is 1. The van der Waals surface area contributed by atoms with Crippen molar-refractivity contribution in [2.75, 3.05) is 5.32 Å². The molecular formula is C23H23ClF4N6O2. The summed E-state index contributed by atoms with van der Waals surface area (Å²) in [7, 11) is 2.98. The second-order valence-corrected chi connectivity index (χ2v) is 10.1. The highest BCUT2D eigenvalue weighted by atomic mass is 35.5. The number of anilines is 1. The molecule has 1 amide bonds. The normalized spacial score (nSPS) is 25.8. The van der Waals surface area contributed by atoms with E-state index in [2.05, 4.69) is 20.5 Å². The third-order valence-corrected chi connectivity index (χ3v) is 7.50. The van der Waals surface area contributed by atoms with Crippen LogP contribution >= 0.6 is 11.6 Å². The number of alkyl halides is 3. The van der Waals surface area contributed by atoms with Gasteiger partial charge in [0.15, 0.2) is 5.69 Å². The van der Waals surface area contributed by atoms with Crippen molar-refractivity contribution < 1.29 is 27.5 Å². The van der Waals surface area contributed by atoms with E-state index in [0.29, 0.717) is 29.9 Å². The highest BCUT2D eigenvalue weighted by Crippen LogP contribution is 2.57. The van der Waals surface area contributed by atoms with Gasteiger partial charge in [-0.1, -0.05) is 11.6 Å². The average molecular weight is 527 g/mol. The summed E-state index contributed by atoms with van der Waals surface area (Å²) in [6.45, 7) is 0.